The smallest absolute Gasteiger partial charge is 0.314 e. The van der Waals surface area contributed by atoms with Gasteiger partial charge in [0.05, 0.1) is 0 Å². The van der Waals surface area contributed by atoms with Crippen molar-refractivity contribution in [2.75, 3.05) is 25.4 Å². The van der Waals surface area contributed by atoms with Gasteiger partial charge in [-0.05, 0) is 30.4 Å². The van der Waals surface area contributed by atoms with Crippen molar-refractivity contribution in [1.82, 2.24) is 10.6 Å². The normalized spacial score (nSPS) is 20.3. The van der Waals surface area contributed by atoms with E-state index in [4.69, 9.17) is 5.11 Å². The molecule has 1 unspecified atom stereocenters. The van der Waals surface area contributed by atoms with Crippen molar-refractivity contribution >= 4 is 17.8 Å². The number of aliphatic hydroxyl groups is 1. The molecule has 1 aliphatic heterocycles. The van der Waals surface area contributed by atoms with Gasteiger partial charge in [0.15, 0.2) is 0 Å². The second-order valence-electron chi connectivity index (χ2n) is 5.34. The molecule has 0 aromatic rings. The van der Waals surface area contributed by atoms with Gasteiger partial charge in [0.2, 0.25) is 0 Å². The molecule has 0 aromatic carbocycles. The van der Waals surface area contributed by atoms with E-state index >= 15 is 0 Å². The zero-order valence-corrected chi connectivity index (χ0v) is 11.6. The van der Waals surface area contributed by atoms with Crippen molar-refractivity contribution in [1.29, 1.82) is 0 Å². The Morgan fingerprint density at radius 3 is 2.82 bits per heavy atom. The summed E-state index contributed by atoms with van der Waals surface area (Å²) in [4.78, 5) is 11.6. The summed E-state index contributed by atoms with van der Waals surface area (Å²) in [6.07, 6.45) is 3.18. The molecule has 0 bridgehead atoms. The molecule has 0 radical (unpaired) electrons. The van der Waals surface area contributed by atoms with Gasteiger partial charge in [-0.15, -0.1) is 0 Å². The monoisotopic (exact) mass is 260 g/mol. The van der Waals surface area contributed by atoms with E-state index in [0.29, 0.717) is 18.2 Å². The minimum Gasteiger partial charge on any atom is -0.396 e. The van der Waals surface area contributed by atoms with Crippen LogP contribution in [0.1, 0.15) is 33.1 Å². The third kappa shape index (κ3) is 6.17. The van der Waals surface area contributed by atoms with E-state index < -0.39 is 0 Å². The fourth-order valence-corrected chi connectivity index (χ4v) is 2.99. The first-order chi connectivity index (χ1) is 8.03. The Hall–Kier alpha value is -0.420. The molecule has 5 heteroatoms. The number of urea groups is 1. The lowest BCUT2D eigenvalue weighted by molar-refractivity contribution is 0.201. The Bertz CT molecular complexity index is 241. The number of amides is 2. The molecule has 1 fully saturated rings. The zero-order chi connectivity index (χ0) is 12.7. The van der Waals surface area contributed by atoms with E-state index in [1.54, 1.807) is 0 Å². The van der Waals surface area contributed by atoms with Crippen LogP contribution in [0.5, 0.6) is 0 Å². The number of nitrogens with one attached hydrogen (secondary N) is 2. The number of rotatable bonds is 6. The van der Waals surface area contributed by atoms with Crippen LogP contribution in [0.3, 0.4) is 0 Å². The third-order valence-electron chi connectivity index (χ3n) is 3.03. The average molecular weight is 260 g/mol. The number of carbonyl (C=O) groups excluding carboxylic acids is 1. The van der Waals surface area contributed by atoms with Crippen LogP contribution in [0, 0.1) is 5.41 Å². The molecule has 0 aliphatic carbocycles. The van der Waals surface area contributed by atoms with Crippen LogP contribution in [-0.4, -0.2) is 41.8 Å². The molecule has 100 valence electrons. The molecule has 1 saturated heterocycles. The van der Waals surface area contributed by atoms with E-state index in [9.17, 15) is 4.79 Å². The minimum atomic E-state index is -0.0940. The van der Waals surface area contributed by atoms with Crippen molar-refractivity contribution in [3.63, 3.8) is 0 Å². The molecule has 0 saturated carbocycles. The Kier molecular flexibility index (Phi) is 6.12. The molecule has 17 heavy (non-hydrogen) atoms. The maximum atomic E-state index is 11.6. The number of aliphatic hydroxyl groups excluding tert-OH is 1. The van der Waals surface area contributed by atoms with Crippen molar-refractivity contribution < 1.29 is 9.90 Å². The van der Waals surface area contributed by atoms with Crippen molar-refractivity contribution in [3.8, 4) is 0 Å². The van der Waals surface area contributed by atoms with Crippen LogP contribution in [0.4, 0.5) is 4.79 Å². The molecule has 4 nitrogen and oxygen atoms in total. The average Bonchev–Trinajstić information content (AvgIpc) is 2.76. The van der Waals surface area contributed by atoms with Gasteiger partial charge in [-0.2, -0.15) is 11.8 Å². The molecule has 3 N–H and O–H groups in total. The Balaban J connectivity index is 2.11. The highest BCUT2D eigenvalue weighted by atomic mass is 32.2. The Morgan fingerprint density at radius 1 is 1.47 bits per heavy atom. The van der Waals surface area contributed by atoms with Gasteiger partial charge in [-0.25, -0.2) is 4.79 Å². The number of carbonyl (C=O) groups is 1. The first-order valence-electron chi connectivity index (χ1n) is 6.28. The second-order valence-corrected chi connectivity index (χ2v) is 6.74. The highest BCUT2D eigenvalue weighted by Gasteiger charge is 2.19. The summed E-state index contributed by atoms with van der Waals surface area (Å²) in [7, 11) is 0. The highest BCUT2D eigenvalue weighted by molar-refractivity contribution is 8.00. The van der Waals surface area contributed by atoms with Crippen LogP contribution in [0.15, 0.2) is 0 Å². The predicted octanol–water partition coefficient (Wildman–Crippen LogP) is 1.59. The van der Waals surface area contributed by atoms with Gasteiger partial charge in [0.1, 0.15) is 0 Å². The number of hydrogen-bond acceptors (Lipinski definition) is 3. The second kappa shape index (κ2) is 7.11. The quantitative estimate of drug-likeness (QED) is 0.679. The fraction of sp³-hybridized carbons (Fsp3) is 0.917. The standard InChI is InChI=1S/C12H24N2O2S/c1-12(2,5-6-15)9-14-11(16)13-8-10-4-3-7-17-10/h10,15H,3-9H2,1-2H3,(H2,13,14,16). The van der Waals surface area contributed by atoms with Crippen LogP contribution in [0.25, 0.3) is 0 Å². The lowest BCUT2D eigenvalue weighted by Crippen LogP contribution is -2.42. The molecule has 0 aromatic heterocycles. The lowest BCUT2D eigenvalue weighted by Gasteiger charge is -2.24. The maximum absolute atomic E-state index is 11.6. The largest absolute Gasteiger partial charge is 0.396 e. The van der Waals surface area contributed by atoms with Gasteiger partial charge in [0, 0.05) is 24.9 Å². The summed E-state index contributed by atoms with van der Waals surface area (Å²) in [5.41, 5.74) is -0.0474. The van der Waals surface area contributed by atoms with E-state index in [1.165, 1.54) is 18.6 Å². The summed E-state index contributed by atoms with van der Waals surface area (Å²) in [5, 5.41) is 15.2. The Labute approximate surface area is 108 Å². The molecule has 1 heterocycles. The van der Waals surface area contributed by atoms with Crippen molar-refractivity contribution in [2.45, 2.75) is 38.4 Å². The highest BCUT2D eigenvalue weighted by Crippen LogP contribution is 2.25. The molecule has 2 amide bonds. The summed E-state index contributed by atoms with van der Waals surface area (Å²) in [6, 6.07) is -0.0940. The minimum absolute atomic E-state index is 0.0474. The molecule has 0 spiro atoms. The molecule has 1 aliphatic rings. The number of hydrogen-bond donors (Lipinski definition) is 3. The van der Waals surface area contributed by atoms with Crippen LogP contribution in [0.2, 0.25) is 0 Å². The van der Waals surface area contributed by atoms with Crippen LogP contribution < -0.4 is 10.6 Å². The van der Waals surface area contributed by atoms with E-state index in [0.717, 1.165) is 6.54 Å². The summed E-state index contributed by atoms with van der Waals surface area (Å²) in [6.45, 7) is 5.59. The summed E-state index contributed by atoms with van der Waals surface area (Å²) >= 11 is 1.94. The first-order valence-corrected chi connectivity index (χ1v) is 7.32. The molecular weight excluding hydrogens is 236 g/mol. The maximum Gasteiger partial charge on any atom is 0.314 e. The zero-order valence-electron chi connectivity index (χ0n) is 10.8. The van der Waals surface area contributed by atoms with Gasteiger partial charge in [-0.1, -0.05) is 13.8 Å². The molecule has 1 atom stereocenters. The van der Waals surface area contributed by atoms with Gasteiger partial charge >= 0.3 is 6.03 Å². The summed E-state index contributed by atoms with van der Waals surface area (Å²) < 4.78 is 0. The molecular formula is C12H24N2O2S. The van der Waals surface area contributed by atoms with Crippen molar-refractivity contribution in [2.24, 2.45) is 5.41 Å². The van der Waals surface area contributed by atoms with Gasteiger partial charge in [-0.3, -0.25) is 0 Å². The van der Waals surface area contributed by atoms with Gasteiger partial charge in [0.25, 0.3) is 0 Å². The lowest BCUT2D eigenvalue weighted by atomic mass is 9.90. The predicted molar refractivity (Wildman–Crippen MR) is 72.4 cm³/mol. The topological polar surface area (TPSA) is 61.4 Å². The van der Waals surface area contributed by atoms with E-state index in [2.05, 4.69) is 10.6 Å². The van der Waals surface area contributed by atoms with Crippen LogP contribution >= 0.6 is 11.8 Å². The summed E-state index contributed by atoms with van der Waals surface area (Å²) in [5.74, 6) is 1.22. The van der Waals surface area contributed by atoms with E-state index in [-0.39, 0.29) is 18.1 Å². The fourth-order valence-electron chi connectivity index (χ4n) is 1.78. The van der Waals surface area contributed by atoms with Gasteiger partial charge < -0.3 is 15.7 Å². The third-order valence-corrected chi connectivity index (χ3v) is 4.43. The van der Waals surface area contributed by atoms with Crippen LogP contribution in [-0.2, 0) is 0 Å². The van der Waals surface area contributed by atoms with Crippen molar-refractivity contribution in [3.05, 3.63) is 0 Å². The van der Waals surface area contributed by atoms with E-state index in [1.807, 2.05) is 25.6 Å². The molecule has 1 rings (SSSR count). The number of thioether (sulfide) groups is 1. The first kappa shape index (κ1) is 14.6. The Morgan fingerprint density at radius 2 is 2.24 bits per heavy atom. The SMILES string of the molecule is CC(C)(CCO)CNC(=O)NCC1CCCS1.